The van der Waals surface area contributed by atoms with Gasteiger partial charge < -0.3 is 4.74 Å². The topological polar surface area (TPSA) is 9.23 Å². The largest absolute Gasteiger partial charge is 0.493 e. The normalized spacial score (nSPS) is 16.0. The molecule has 0 spiro atoms. The van der Waals surface area contributed by atoms with Gasteiger partial charge in [-0.05, 0) is 53.3 Å². The van der Waals surface area contributed by atoms with Crippen LogP contribution < -0.4 is 4.74 Å². The fraction of sp³-hybridized carbons (Fsp3) is 0.333. The van der Waals surface area contributed by atoms with Crippen LogP contribution >= 0.6 is 34.7 Å². The summed E-state index contributed by atoms with van der Waals surface area (Å²) in [6, 6.07) is 13.0. The number of ether oxygens (including phenoxy) is 1. The van der Waals surface area contributed by atoms with Gasteiger partial charge in [-0.3, -0.25) is 0 Å². The SMILES string of the molecule is Cc1cc(OCC2(C)CSC2)ccc1-c1csc2ccc(CCl)cc12. The fourth-order valence-electron chi connectivity index (χ4n) is 3.19. The Balaban J connectivity index is 1.62. The highest BCUT2D eigenvalue weighted by Crippen LogP contribution is 2.39. The second kappa shape index (κ2) is 6.86. The second-order valence-corrected chi connectivity index (χ2v) is 9.35. The van der Waals surface area contributed by atoms with Crippen molar-refractivity contribution >= 4 is 44.8 Å². The van der Waals surface area contributed by atoms with Crippen molar-refractivity contribution in [2.75, 3.05) is 18.1 Å². The van der Waals surface area contributed by atoms with Crippen LogP contribution in [-0.2, 0) is 5.88 Å². The molecule has 1 nitrogen and oxygen atoms in total. The average molecular weight is 389 g/mol. The lowest BCUT2D eigenvalue weighted by Gasteiger charge is -2.37. The van der Waals surface area contributed by atoms with Gasteiger partial charge in [0.25, 0.3) is 0 Å². The highest BCUT2D eigenvalue weighted by Gasteiger charge is 2.33. The van der Waals surface area contributed by atoms with Crippen molar-refractivity contribution in [3.63, 3.8) is 0 Å². The second-order valence-electron chi connectivity index (χ2n) is 7.18. The van der Waals surface area contributed by atoms with Gasteiger partial charge in [0, 0.05) is 38.5 Å². The quantitative estimate of drug-likeness (QED) is 0.447. The molecule has 1 fully saturated rings. The number of hydrogen-bond donors (Lipinski definition) is 0. The molecule has 2 heterocycles. The number of thioether (sulfide) groups is 1. The van der Waals surface area contributed by atoms with E-state index in [0.29, 0.717) is 11.3 Å². The lowest BCUT2D eigenvalue weighted by Crippen LogP contribution is -2.38. The van der Waals surface area contributed by atoms with E-state index in [9.17, 15) is 0 Å². The molecule has 0 saturated carbocycles. The van der Waals surface area contributed by atoms with E-state index in [0.717, 1.165) is 17.9 Å². The molecule has 0 atom stereocenters. The van der Waals surface area contributed by atoms with Crippen LogP contribution in [0, 0.1) is 12.3 Å². The maximum atomic E-state index is 6.06. The first-order chi connectivity index (χ1) is 12.1. The van der Waals surface area contributed by atoms with Gasteiger partial charge in [-0.15, -0.1) is 22.9 Å². The first-order valence-corrected chi connectivity index (χ1v) is 11.0. The Morgan fingerprint density at radius 1 is 1.12 bits per heavy atom. The van der Waals surface area contributed by atoms with Gasteiger partial charge in [0.15, 0.2) is 0 Å². The summed E-state index contributed by atoms with van der Waals surface area (Å²) >= 11 is 9.81. The van der Waals surface area contributed by atoms with Crippen LogP contribution in [-0.4, -0.2) is 18.1 Å². The molecule has 0 aliphatic carbocycles. The summed E-state index contributed by atoms with van der Waals surface area (Å²) in [6.45, 7) is 5.27. The molecule has 0 N–H and O–H groups in total. The molecule has 1 aliphatic heterocycles. The van der Waals surface area contributed by atoms with E-state index in [1.807, 2.05) is 11.8 Å². The maximum absolute atomic E-state index is 6.06. The molecular formula is C21H21ClOS2. The Morgan fingerprint density at radius 3 is 2.64 bits per heavy atom. The Bertz CT molecular complexity index is 911. The van der Waals surface area contributed by atoms with Gasteiger partial charge in [0.2, 0.25) is 0 Å². The highest BCUT2D eigenvalue weighted by molar-refractivity contribution is 8.00. The zero-order valence-electron chi connectivity index (χ0n) is 14.5. The highest BCUT2D eigenvalue weighted by atomic mass is 35.5. The Morgan fingerprint density at radius 2 is 1.96 bits per heavy atom. The maximum Gasteiger partial charge on any atom is 0.119 e. The first-order valence-electron chi connectivity index (χ1n) is 8.46. The summed E-state index contributed by atoms with van der Waals surface area (Å²) in [6.07, 6.45) is 0. The Hall–Kier alpha value is -1.16. The molecule has 3 aromatic rings. The third-order valence-corrected chi connectivity index (χ3v) is 7.84. The molecule has 0 bridgehead atoms. The minimum Gasteiger partial charge on any atom is -0.493 e. The van der Waals surface area contributed by atoms with E-state index < -0.39 is 0 Å². The molecule has 1 aromatic heterocycles. The molecule has 1 aliphatic rings. The third-order valence-electron chi connectivity index (χ3n) is 4.77. The average Bonchev–Trinajstić information content (AvgIpc) is 3.01. The van der Waals surface area contributed by atoms with Crippen molar-refractivity contribution in [3.8, 4) is 16.9 Å². The number of alkyl halides is 1. The van der Waals surface area contributed by atoms with Gasteiger partial charge >= 0.3 is 0 Å². The van der Waals surface area contributed by atoms with Gasteiger partial charge in [0.05, 0.1) is 6.61 Å². The minimum absolute atomic E-state index is 0.346. The van der Waals surface area contributed by atoms with Gasteiger partial charge in [-0.2, -0.15) is 11.8 Å². The molecule has 2 aromatic carbocycles. The third kappa shape index (κ3) is 3.42. The lowest BCUT2D eigenvalue weighted by molar-refractivity contribution is 0.196. The van der Waals surface area contributed by atoms with E-state index in [1.165, 1.54) is 38.3 Å². The molecular weight excluding hydrogens is 368 g/mol. The van der Waals surface area contributed by atoms with Crippen molar-refractivity contribution < 1.29 is 4.74 Å². The van der Waals surface area contributed by atoms with Crippen LogP contribution in [0.25, 0.3) is 21.2 Å². The van der Waals surface area contributed by atoms with E-state index in [4.69, 9.17) is 16.3 Å². The van der Waals surface area contributed by atoms with Crippen LogP contribution in [0.4, 0.5) is 0 Å². The molecule has 0 unspecified atom stereocenters. The van der Waals surface area contributed by atoms with E-state index in [2.05, 4.69) is 55.6 Å². The number of rotatable bonds is 5. The smallest absolute Gasteiger partial charge is 0.119 e. The standard InChI is InChI=1S/C21H21ClOS2/c1-14-7-16(23-11-21(2)12-24-13-21)4-5-17(14)19-10-25-20-6-3-15(9-22)8-18(19)20/h3-8,10H,9,11-13H2,1-2H3. The van der Waals surface area contributed by atoms with Crippen molar-refractivity contribution in [1.29, 1.82) is 0 Å². The van der Waals surface area contributed by atoms with E-state index in [1.54, 1.807) is 11.3 Å². The van der Waals surface area contributed by atoms with Crippen molar-refractivity contribution in [1.82, 2.24) is 0 Å². The van der Waals surface area contributed by atoms with Crippen molar-refractivity contribution in [3.05, 3.63) is 52.9 Å². The summed E-state index contributed by atoms with van der Waals surface area (Å²) in [5.74, 6) is 3.93. The number of aryl methyl sites for hydroxylation is 1. The molecule has 1 saturated heterocycles. The predicted molar refractivity (Wildman–Crippen MR) is 112 cm³/mol. The molecule has 4 heteroatoms. The van der Waals surface area contributed by atoms with Crippen LogP contribution in [0.3, 0.4) is 0 Å². The zero-order chi connectivity index (χ0) is 17.4. The van der Waals surface area contributed by atoms with E-state index in [-0.39, 0.29) is 0 Å². The molecule has 25 heavy (non-hydrogen) atoms. The van der Waals surface area contributed by atoms with Crippen LogP contribution in [0.1, 0.15) is 18.1 Å². The number of thiophene rings is 1. The van der Waals surface area contributed by atoms with Crippen molar-refractivity contribution in [2.24, 2.45) is 5.41 Å². The molecule has 0 radical (unpaired) electrons. The number of fused-ring (bicyclic) bond motifs is 1. The number of benzene rings is 2. The van der Waals surface area contributed by atoms with Crippen molar-refractivity contribution in [2.45, 2.75) is 19.7 Å². The predicted octanol–water partition coefficient (Wildman–Crippen LogP) is 6.75. The minimum atomic E-state index is 0.346. The summed E-state index contributed by atoms with van der Waals surface area (Å²) in [5, 5.41) is 3.54. The fourth-order valence-corrected chi connectivity index (χ4v) is 5.36. The lowest BCUT2D eigenvalue weighted by atomic mass is 9.96. The van der Waals surface area contributed by atoms with Gasteiger partial charge in [-0.25, -0.2) is 0 Å². The van der Waals surface area contributed by atoms with Crippen LogP contribution in [0.15, 0.2) is 41.8 Å². The van der Waals surface area contributed by atoms with Crippen LogP contribution in [0.2, 0.25) is 0 Å². The van der Waals surface area contributed by atoms with Crippen LogP contribution in [0.5, 0.6) is 5.75 Å². The molecule has 4 rings (SSSR count). The van der Waals surface area contributed by atoms with Gasteiger partial charge in [-0.1, -0.05) is 19.1 Å². The summed E-state index contributed by atoms with van der Waals surface area (Å²) < 4.78 is 7.37. The number of halogens is 1. The summed E-state index contributed by atoms with van der Waals surface area (Å²) in [7, 11) is 0. The summed E-state index contributed by atoms with van der Waals surface area (Å²) in [5.41, 5.74) is 5.33. The van der Waals surface area contributed by atoms with E-state index >= 15 is 0 Å². The monoisotopic (exact) mass is 388 g/mol. The molecule has 130 valence electrons. The molecule has 0 amide bonds. The van der Waals surface area contributed by atoms with Gasteiger partial charge in [0.1, 0.15) is 5.75 Å². The number of hydrogen-bond acceptors (Lipinski definition) is 3. The Kier molecular flexibility index (Phi) is 4.74. The summed E-state index contributed by atoms with van der Waals surface area (Å²) in [4.78, 5) is 0. The zero-order valence-corrected chi connectivity index (χ0v) is 16.9. The Labute approximate surface area is 162 Å². The first kappa shape index (κ1) is 17.3.